The van der Waals surface area contributed by atoms with E-state index < -0.39 is 0 Å². The Morgan fingerprint density at radius 1 is 0.291 bits per heavy atom. The van der Waals surface area contributed by atoms with Crippen molar-refractivity contribution < 1.29 is 56.8 Å². The number of ether oxygens (including phenoxy) is 12. The fraction of sp³-hybridized carbons (Fsp3) is 0.371. The van der Waals surface area contributed by atoms with Gasteiger partial charge in [0.2, 0.25) is 0 Å². The van der Waals surface area contributed by atoms with Crippen LogP contribution in [0.4, 0.5) is 29.1 Å². The van der Waals surface area contributed by atoms with Gasteiger partial charge in [0.25, 0.3) is 0 Å². The first-order valence-corrected chi connectivity index (χ1v) is 42.6. The maximum atomic E-state index is 6.09. The zero-order valence-electron chi connectivity index (χ0n) is 73.5. The van der Waals surface area contributed by atoms with Crippen molar-refractivity contribution in [3.05, 3.63) is 202 Å². The number of nitrogens with zero attached hydrogens (tertiary/aromatic N) is 20. The lowest BCUT2D eigenvalue weighted by Crippen LogP contribution is -2.08. The van der Waals surface area contributed by atoms with Gasteiger partial charge in [-0.05, 0) is 205 Å². The van der Waals surface area contributed by atoms with Gasteiger partial charge < -0.3 is 108 Å². The molecule has 0 unspecified atom stereocenters. The van der Waals surface area contributed by atoms with Gasteiger partial charge in [-0.1, -0.05) is 85.7 Å². The Morgan fingerprint density at radius 3 is 1.19 bits per heavy atom. The van der Waals surface area contributed by atoms with Crippen molar-refractivity contribution in [2.45, 2.75) is 162 Å². The van der Waals surface area contributed by atoms with E-state index >= 15 is 0 Å². The summed E-state index contributed by atoms with van der Waals surface area (Å²) in [5, 5.41) is 0. The molecule has 0 amide bonds. The predicted octanol–water partition coefficient (Wildman–Crippen LogP) is 15.4. The van der Waals surface area contributed by atoms with Crippen LogP contribution in [0.3, 0.4) is 0 Å². The number of methoxy groups -OCH3 is 4. The highest BCUT2D eigenvalue weighted by molar-refractivity contribution is 5.86. The van der Waals surface area contributed by atoms with Gasteiger partial charge in [0, 0.05) is 18.2 Å². The average molecular weight is 1830 g/mol. The van der Waals surface area contributed by atoms with Crippen molar-refractivity contribution in [3.8, 4) is 70.3 Å². The number of hydrogen-bond acceptors (Lipinski definition) is 32. The normalized spacial score (nSPS) is 14.6. The molecule has 37 heteroatoms. The van der Waals surface area contributed by atoms with Crippen molar-refractivity contribution in [3.63, 3.8) is 0 Å². The second kappa shape index (κ2) is 45.5. The van der Waals surface area contributed by atoms with E-state index in [-0.39, 0.29) is 55.2 Å². The van der Waals surface area contributed by atoms with Gasteiger partial charge >= 0.3 is 30.1 Å². The molecule has 0 saturated heterocycles. The predicted molar refractivity (Wildman–Crippen MR) is 521 cm³/mol. The number of hydrogen-bond donors (Lipinski definition) is 5. The van der Waals surface area contributed by atoms with Gasteiger partial charge in [0.1, 0.15) is 95.8 Å². The number of nitrogens with two attached hydrogens (primary N) is 5. The SMILES string of the molecule is C.C.C.C.C.COc1cc2cc(c1)OC/C=C\COc1nc(N)c3nc(C)n(c3n1)C2.COc1ccc2cc1C/C=C\CCOc1nc(N)c3nc(C)n(c3n1)C2.COc1ccc2cc1CCCCCOc1nc(N)c3nc(C)n(c3n1)C2.COc1ccc2cc1Cn1c(C)nc3c(N)nc(nc31)OC/C=C/CO2.Cc1nc2c(N)nc3nc2n1CCc1cccc(c1)OCCCCO3. The van der Waals surface area contributed by atoms with E-state index in [0.717, 1.165) is 162 Å². The van der Waals surface area contributed by atoms with Gasteiger partial charge in [-0.25, -0.2) is 24.9 Å². The molecule has 20 rings (SSSR count). The quantitative estimate of drug-likeness (QED) is 0.102. The van der Waals surface area contributed by atoms with Crippen molar-refractivity contribution in [2.24, 2.45) is 0 Å². The summed E-state index contributed by atoms with van der Waals surface area (Å²) >= 11 is 0. The molecule has 708 valence electrons. The molecule has 0 fully saturated rings. The molecule has 0 aliphatic carbocycles. The van der Waals surface area contributed by atoms with E-state index in [1.54, 1.807) is 28.4 Å². The van der Waals surface area contributed by atoms with E-state index in [2.05, 4.69) is 132 Å². The number of fused-ring (bicyclic) bond motifs is 15. The van der Waals surface area contributed by atoms with E-state index in [9.17, 15) is 0 Å². The molecule has 0 saturated carbocycles. The molecule has 0 spiro atoms. The first-order chi connectivity index (χ1) is 62.8. The Bertz CT molecular complexity index is 6680. The van der Waals surface area contributed by atoms with Crippen molar-refractivity contribution in [1.82, 2.24) is 97.6 Å². The van der Waals surface area contributed by atoms with Gasteiger partial charge in [-0.3, -0.25) is 0 Å². The number of anilines is 5. The number of aromatic nitrogens is 20. The molecule has 0 atom stereocenters. The number of imidazole rings is 5. The summed E-state index contributed by atoms with van der Waals surface area (Å²) in [7, 11) is 6.70. The van der Waals surface area contributed by atoms with Crippen LogP contribution in [0.15, 0.2) is 134 Å². The molecule has 37 nitrogen and oxygen atoms in total. The Labute approximate surface area is 779 Å². The van der Waals surface area contributed by atoms with Crippen LogP contribution in [0.5, 0.6) is 70.3 Å². The fourth-order valence-electron chi connectivity index (χ4n) is 15.4. The first-order valence-electron chi connectivity index (χ1n) is 42.6. The van der Waals surface area contributed by atoms with Gasteiger partial charge in [0.15, 0.2) is 84.9 Å². The highest BCUT2D eigenvalue weighted by Crippen LogP contribution is 2.35. The Kier molecular flexibility index (Phi) is 33.7. The van der Waals surface area contributed by atoms with E-state index in [1.807, 2.05) is 133 Å². The average Bonchev–Trinajstić information content (AvgIpc) is 1.66. The van der Waals surface area contributed by atoms with Crippen LogP contribution in [0, 0.1) is 34.6 Å². The number of benzene rings is 5. The van der Waals surface area contributed by atoms with E-state index in [4.69, 9.17) is 85.5 Å². The minimum absolute atomic E-state index is 0. The van der Waals surface area contributed by atoms with Gasteiger partial charge in [0.05, 0.1) is 81.0 Å². The van der Waals surface area contributed by atoms with Crippen LogP contribution in [-0.4, -0.2) is 179 Å². The molecule has 20 bridgehead atoms. The molecular weight excluding hydrogens is 1710 g/mol. The third-order valence-corrected chi connectivity index (χ3v) is 22.0. The molecule has 15 aromatic rings. The minimum atomic E-state index is 0. The fourth-order valence-corrected chi connectivity index (χ4v) is 15.4. The summed E-state index contributed by atoms with van der Waals surface area (Å²) in [5.74, 6) is 11.5. The van der Waals surface area contributed by atoms with E-state index in [0.29, 0.717) is 170 Å². The molecule has 5 aromatic carbocycles. The number of nitrogen functional groups attached to an aromatic ring is 5. The van der Waals surface area contributed by atoms with Crippen molar-refractivity contribution in [2.75, 3.05) is 110 Å². The van der Waals surface area contributed by atoms with E-state index in [1.165, 1.54) is 16.7 Å². The summed E-state index contributed by atoms with van der Waals surface area (Å²) in [6, 6.07) is 33.7. The second-order valence-corrected chi connectivity index (χ2v) is 30.9. The van der Waals surface area contributed by atoms with Gasteiger partial charge in [-0.2, -0.15) is 49.8 Å². The minimum Gasteiger partial charge on any atom is -0.497 e. The first kappa shape index (κ1) is 99.2. The lowest BCUT2D eigenvalue weighted by atomic mass is 10.0. The molecule has 5 aliphatic heterocycles. The summed E-state index contributed by atoms with van der Waals surface area (Å²) < 4.78 is 77.7. The highest BCUT2D eigenvalue weighted by Gasteiger charge is 2.25. The molecule has 5 aliphatic rings. The van der Waals surface area contributed by atoms with Crippen LogP contribution in [0.1, 0.15) is 144 Å². The molecular formula is C97H123N25O12. The summed E-state index contributed by atoms with van der Waals surface area (Å²) in [6.45, 7) is 16.5. The third kappa shape index (κ3) is 23.2. The molecule has 10 aromatic heterocycles. The molecule has 10 N–H and O–H groups in total. The monoisotopic (exact) mass is 1830 g/mol. The molecule has 134 heavy (non-hydrogen) atoms. The number of aryl methyl sites for hydroxylation is 8. The van der Waals surface area contributed by atoms with Crippen LogP contribution < -0.4 is 85.5 Å². The maximum absolute atomic E-state index is 6.09. The maximum Gasteiger partial charge on any atom is 0.320 e. The zero-order chi connectivity index (χ0) is 89.6. The summed E-state index contributed by atoms with van der Waals surface area (Å²) in [5.41, 5.74) is 44.6. The second-order valence-electron chi connectivity index (χ2n) is 30.9. The Morgan fingerprint density at radius 2 is 0.687 bits per heavy atom. The summed E-state index contributed by atoms with van der Waals surface area (Å²) in [4.78, 5) is 66.3. The molecule has 15 heterocycles. The highest BCUT2D eigenvalue weighted by atomic mass is 16.5. The van der Waals surface area contributed by atoms with Crippen molar-refractivity contribution in [1.29, 1.82) is 0 Å². The molecule has 0 radical (unpaired) electrons. The van der Waals surface area contributed by atoms with Crippen molar-refractivity contribution >= 4 is 84.9 Å². The van der Waals surface area contributed by atoms with Gasteiger partial charge in [-0.15, -0.1) is 0 Å². The Balaban J connectivity index is 0.000000160. The third-order valence-electron chi connectivity index (χ3n) is 22.0. The van der Waals surface area contributed by atoms with Crippen LogP contribution in [-0.2, 0) is 52.0 Å². The van der Waals surface area contributed by atoms with Crippen LogP contribution >= 0.6 is 0 Å². The topological polar surface area (TPSA) is 459 Å². The largest absolute Gasteiger partial charge is 0.497 e. The standard InChI is InChI=1S/C19H23N5O2.C19H21N5O2.2C18H19N5O3.C18H21N5O2.5CH4/c2*1-12-21-16-17(20)22-19-23-18(16)24(12)11-13-7-8-15(25-2)14(10-13)6-4-3-5-9-26-19;1-11-20-15-16(19)21-18-22-17(15)23(11)10-12-9-13(5-6-14(12)24-2)25-7-3-4-8-26-18;1-11-20-15-16(19)21-18-22-17(15)23(11)10-12-7-13(24-2)9-14(8-12)25-5-3-4-6-26-18;1-12-20-15-16(19)21-18-22-17(15)23(12)8-7-13-5-4-6-14(11-13)24-9-2-3-10-25-18;;;;;/h7-8,10H,3-6,9,11H2,1-2H3,(H2,20,22,23);3-4,7-8,10H,5-6,9,11H2,1-2H3,(H2,20,22,23);3-6,9H,7-8,10H2,1-2H3,(H2,19,21,22);3-4,7-9H,5-6,10H2,1-2H3,(H2,19,21,22);4-6,11H,2-3,7-10H2,1H3,(H2,19,21,22);5*1H4/b;4-3-;4-3+;4-3-;;;;;;. The number of allylic oxidation sites excluding steroid dienone is 1. The smallest absolute Gasteiger partial charge is 0.320 e. The zero-order valence-corrected chi connectivity index (χ0v) is 73.5. The number of rotatable bonds is 4. The summed E-state index contributed by atoms with van der Waals surface area (Å²) in [6.07, 6.45) is 20.0. The van der Waals surface area contributed by atoms with Crippen LogP contribution in [0.25, 0.3) is 55.8 Å². The lowest BCUT2D eigenvalue weighted by Gasteiger charge is -2.14. The lowest BCUT2D eigenvalue weighted by molar-refractivity contribution is 0.255. The Hall–Kier alpha value is -15.3. The van der Waals surface area contributed by atoms with Crippen LogP contribution in [0.2, 0.25) is 0 Å².